The highest BCUT2D eigenvalue weighted by atomic mass is 16.7. The molecule has 1 fully saturated rings. The van der Waals surface area contributed by atoms with E-state index < -0.39 is 5.60 Å². The molecule has 2 atom stereocenters. The summed E-state index contributed by atoms with van der Waals surface area (Å²) in [4.78, 5) is 11.8. The molecule has 0 aliphatic carbocycles. The van der Waals surface area contributed by atoms with Gasteiger partial charge in [0.2, 0.25) is 0 Å². The third kappa shape index (κ3) is 7.63. The number of esters is 1. The Labute approximate surface area is 128 Å². The zero-order valence-electron chi connectivity index (χ0n) is 13.9. The molecule has 0 aromatic carbocycles. The van der Waals surface area contributed by atoms with E-state index in [1.807, 2.05) is 20.8 Å². The Bertz CT molecular complexity index is 343. The minimum absolute atomic E-state index is 0.0728. The predicted molar refractivity (Wildman–Crippen MR) is 82.9 cm³/mol. The molecule has 1 saturated heterocycles. The molecule has 0 saturated carbocycles. The molecular formula is C17H30O4. The Morgan fingerprint density at radius 2 is 2.10 bits per heavy atom. The van der Waals surface area contributed by atoms with Gasteiger partial charge in [-0.15, -0.1) is 0 Å². The Hall–Kier alpha value is -0.870. The van der Waals surface area contributed by atoms with Gasteiger partial charge in [-0.1, -0.05) is 19.9 Å². The second-order valence-corrected chi connectivity index (χ2v) is 6.73. The van der Waals surface area contributed by atoms with Crippen molar-refractivity contribution in [3.05, 3.63) is 12.2 Å². The molecule has 1 aliphatic rings. The maximum Gasteiger partial charge on any atom is 0.333 e. The van der Waals surface area contributed by atoms with Gasteiger partial charge in [-0.3, -0.25) is 0 Å². The minimum atomic E-state index is -0.464. The largest absolute Gasteiger partial charge is 0.457 e. The summed E-state index contributed by atoms with van der Waals surface area (Å²) in [6, 6.07) is 0. The average Bonchev–Trinajstić information content (AvgIpc) is 2.82. The fourth-order valence-electron chi connectivity index (χ4n) is 2.16. The van der Waals surface area contributed by atoms with Gasteiger partial charge in [-0.05, 0) is 46.0 Å². The van der Waals surface area contributed by atoms with Crippen LogP contribution in [0, 0.1) is 5.92 Å². The van der Waals surface area contributed by atoms with Gasteiger partial charge in [0.1, 0.15) is 5.60 Å². The summed E-state index contributed by atoms with van der Waals surface area (Å²) in [6.07, 6.45) is 4.59. The van der Waals surface area contributed by atoms with Crippen LogP contribution in [0.4, 0.5) is 0 Å². The smallest absolute Gasteiger partial charge is 0.333 e. The van der Waals surface area contributed by atoms with Gasteiger partial charge in [0, 0.05) is 18.6 Å². The fourth-order valence-corrected chi connectivity index (χ4v) is 2.16. The molecule has 1 heterocycles. The highest BCUT2D eigenvalue weighted by molar-refractivity contribution is 5.87. The van der Waals surface area contributed by atoms with E-state index in [0.717, 1.165) is 32.3 Å². The number of carbonyl (C=O) groups is 1. The lowest BCUT2D eigenvalue weighted by Gasteiger charge is -2.20. The summed E-state index contributed by atoms with van der Waals surface area (Å²) in [5, 5.41) is 0. The van der Waals surface area contributed by atoms with E-state index >= 15 is 0 Å². The number of ether oxygens (including phenoxy) is 3. The number of hydrogen-bond acceptors (Lipinski definition) is 4. The number of hydrogen-bond donors (Lipinski definition) is 0. The van der Waals surface area contributed by atoms with Crippen molar-refractivity contribution in [3.63, 3.8) is 0 Å². The molecule has 1 aliphatic heterocycles. The average molecular weight is 298 g/mol. The van der Waals surface area contributed by atoms with Gasteiger partial charge in [-0.2, -0.15) is 0 Å². The first kappa shape index (κ1) is 18.2. The number of unbranched alkanes of at least 4 members (excludes halogenated alkanes) is 1. The first-order valence-corrected chi connectivity index (χ1v) is 7.96. The molecule has 0 spiro atoms. The van der Waals surface area contributed by atoms with Crippen molar-refractivity contribution in [2.24, 2.45) is 5.92 Å². The molecule has 0 N–H and O–H groups in total. The molecule has 122 valence electrons. The monoisotopic (exact) mass is 298 g/mol. The third-order valence-corrected chi connectivity index (χ3v) is 3.39. The van der Waals surface area contributed by atoms with Crippen molar-refractivity contribution in [2.75, 3.05) is 13.2 Å². The molecule has 0 unspecified atom stereocenters. The molecule has 4 nitrogen and oxygen atoms in total. The molecule has 0 bridgehead atoms. The zero-order chi connectivity index (χ0) is 15.9. The first-order valence-electron chi connectivity index (χ1n) is 7.96. The Balaban J connectivity index is 2.21. The maximum absolute atomic E-state index is 11.8. The van der Waals surface area contributed by atoms with Crippen LogP contribution in [0.15, 0.2) is 12.2 Å². The van der Waals surface area contributed by atoms with Crippen LogP contribution in [0.1, 0.15) is 59.8 Å². The lowest BCUT2D eigenvalue weighted by molar-refractivity contribution is -0.150. The van der Waals surface area contributed by atoms with E-state index in [1.165, 1.54) is 0 Å². The van der Waals surface area contributed by atoms with Crippen molar-refractivity contribution in [1.82, 2.24) is 0 Å². The molecule has 0 aromatic heterocycles. The lowest BCUT2D eigenvalue weighted by Crippen LogP contribution is -2.24. The van der Waals surface area contributed by atoms with E-state index in [2.05, 4.69) is 13.5 Å². The molecule has 0 amide bonds. The quantitative estimate of drug-likeness (QED) is 0.388. The summed E-state index contributed by atoms with van der Waals surface area (Å²) in [7, 11) is 0. The van der Waals surface area contributed by atoms with Crippen LogP contribution in [0.25, 0.3) is 0 Å². The summed E-state index contributed by atoms with van der Waals surface area (Å²) in [5.41, 5.74) is 0.0783. The normalized spacial score (nSPS) is 22.3. The first-order chi connectivity index (χ1) is 9.81. The molecular weight excluding hydrogens is 268 g/mol. The third-order valence-electron chi connectivity index (χ3n) is 3.39. The van der Waals surface area contributed by atoms with Gasteiger partial charge in [-0.25, -0.2) is 4.79 Å². The summed E-state index contributed by atoms with van der Waals surface area (Å²) < 4.78 is 16.6. The van der Waals surface area contributed by atoms with Crippen LogP contribution in [-0.2, 0) is 19.0 Å². The Morgan fingerprint density at radius 1 is 1.38 bits per heavy atom. The lowest BCUT2D eigenvalue weighted by atomic mass is 9.99. The van der Waals surface area contributed by atoms with Crippen LogP contribution >= 0.6 is 0 Å². The summed E-state index contributed by atoms with van der Waals surface area (Å²) >= 11 is 0. The maximum atomic E-state index is 11.8. The molecule has 21 heavy (non-hydrogen) atoms. The topological polar surface area (TPSA) is 44.8 Å². The second-order valence-electron chi connectivity index (χ2n) is 6.73. The highest BCUT2D eigenvalue weighted by Gasteiger charge is 2.26. The van der Waals surface area contributed by atoms with E-state index in [1.54, 1.807) is 0 Å². The van der Waals surface area contributed by atoms with E-state index in [9.17, 15) is 4.79 Å². The minimum Gasteiger partial charge on any atom is -0.457 e. The molecule has 0 aromatic rings. The zero-order valence-corrected chi connectivity index (χ0v) is 13.9. The second kappa shape index (κ2) is 8.54. The van der Waals surface area contributed by atoms with Crippen LogP contribution in [-0.4, -0.2) is 31.1 Å². The highest BCUT2D eigenvalue weighted by Crippen LogP contribution is 2.26. The van der Waals surface area contributed by atoms with E-state index in [-0.39, 0.29) is 12.3 Å². The van der Waals surface area contributed by atoms with Crippen molar-refractivity contribution < 1.29 is 19.0 Å². The summed E-state index contributed by atoms with van der Waals surface area (Å²) in [5.74, 6) is 0.146. The van der Waals surface area contributed by atoms with Gasteiger partial charge < -0.3 is 14.2 Å². The molecule has 1 rings (SSSR count). The fraction of sp³-hybridized carbons (Fsp3) is 0.824. The van der Waals surface area contributed by atoms with Crippen LogP contribution in [0.3, 0.4) is 0 Å². The molecule has 0 radical (unpaired) electrons. The van der Waals surface area contributed by atoms with E-state index in [0.29, 0.717) is 24.5 Å². The van der Waals surface area contributed by atoms with Crippen molar-refractivity contribution in [3.8, 4) is 0 Å². The van der Waals surface area contributed by atoms with Crippen molar-refractivity contribution >= 4 is 5.97 Å². The Morgan fingerprint density at radius 3 is 2.71 bits per heavy atom. The standard InChI is InChI=1S/C17H30O4/c1-6-7-10-19-15-11-14(12-20-15)9-8-13(2)16(18)21-17(3,4)5/h14-15H,2,6-12H2,1,3-5H3/t14-,15-/m1/s1. The SMILES string of the molecule is C=C(CC[C@H]1CO[C@@H](OCCCC)C1)C(=O)OC(C)(C)C. The summed E-state index contributed by atoms with van der Waals surface area (Å²) in [6.45, 7) is 13.0. The number of rotatable bonds is 8. The van der Waals surface area contributed by atoms with Gasteiger partial charge in [0.05, 0.1) is 6.61 Å². The molecule has 4 heteroatoms. The van der Waals surface area contributed by atoms with Crippen molar-refractivity contribution in [1.29, 1.82) is 0 Å². The number of carbonyl (C=O) groups excluding carboxylic acids is 1. The van der Waals surface area contributed by atoms with Crippen LogP contribution in [0.2, 0.25) is 0 Å². The Kier molecular flexibility index (Phi) is 7.40. The van der Waals surface area contributed by atoms with Gasteiger partial charge in [0.25, 0.3) is 0 Å². The predicted octanol–water partition coefficient (Wildman–Crippen LogP) is 3.84. The van der Waals surface area contributed by atoms with E-state index in [4.69, 9.17) is 14.2 Å². The van der Waals surface area contributed by atoms with Gasteiger partial charge in [0.15, 0.2) is 6.29 Å². The van der Waals surface area contributed by atoms with Crippen LogP contribution in [0.5, 0.6) is 0 Å². The van der Waals surface area contributed by atoms with Crippen molar-refractivity contribution in [2.45, 2.75) is 71.7 Å². The van der Waals surface area contributed by atoms with Gasteiger partial charge >= 0.3 is 5.97 Å². The van der Waals surface area contributed by atoms with Crippen LogP contribution < -0.4 is 0 Å².